The number of morpholine rings is 1. The van der Waals surface area contributed by atoms with E-state index in [1.165, 1.54) is 5.69 Å². The summed E-state index contributed by atoms with van der Waals surface area (Å²) in [6.45, 7) is 2.88. The van der Waals surface area contributed by atoms with Crippen LogP contribution in [-0.2, 0) is 4.74 Å². The molecule has 2 rings (SSSR count). The smallest absolute Gasteiger partial charge is 0.0839 e. The molecule has 1 aromatic rings. The summed E-state index contributed by atoms with van der Waals surface area (Å²) in [5.41, 5.74) is 1.31. The maximum Gasteiger partial charge on any atom is 0.0839 e. The maximum absolute atomic E-state index is 5.63. The van der Waals surface area contributed by atoms with Gasteiger partial charge in [-0.1, -0.05) is 40.8 Å². The van der Waals surface area contributed by atoms with E-state index in [1.54, 1.807) is 0 Å². The van der Waals surface area contributed by atoms with E-state index < -0.39 is 0 Å². The molecule has 1 aromatic carbocycles. The average Bonchev–Trinajstić information content (AvgIpc) is 2.30. The molecule has 2 nitrogen and oxygen atoms in total. The third-order valence-corrected chi connectivity index (χ3v) is 3.41. The van der Waals surface area contributed by atoms with E-state index in [2.05, 4.69) is 57.8 Å². The molecular weight excluding hydrogens is 289 g/mol. The van der Waals surface area contributed by atoms with Crippen LogP contribution in [-0.4, -0.2) is 30.2 Å². The fraction of sp³-hybridized carbons (Fsp3) is 0.455. The molecule has 0 spiro atoms. The second-order valence-corrected chi connectivity index (χ2v) is 4.31. The number of ether oxygens (including phenoxy) is 1. The summed E-state index contributed by atoms with van der Waals surface area (Å²) in [6, 6.07) is 10.6. The molecule has 0 N–H and O–H groups in total. The van der Waals surface area contributed by atoms with Crippen LogP contribution in [0.5, 0.6) is 0 Å². The van der Waals surface area contributed by atoms with Crippen molar-refractivity contribution < 1.29 is 4.74 Å². The Hall–Kier alpha value is -0.290. The first-order valence-electron chi connectivity index (χ1n) is 4.87. The van der Waals surface area contributed by atoms with Crippen molar-refractivity contribution in [3.63, 3.8) is 0 Å². The van der Waals surface area contributed by atoms with E-state index >= 15 is 0 Å². The molecule has 0 unspecified atom stereocenters. The minimum atomic E-state index is 0.393. The Labute approximate surface area is 98.4 Å². The van der Waals surface area contributed by atoms with Crippen molar-refractivity contribution >= 4 is 28.3 Å². The van der Waals surface area contributed by atoms with Gasteiger partial charge in [-0.15, -0.1) is 0 Å². The van der Waals surface area contributed by atoms with Crippen LogP contribution in [0.3, 0.4) is 0 Å². The van der Waals surface area contributed by atoms with Gasteiger partial charge in [0, 0.05) is 23.2 Å². The van der Waals surface area contributed by atoms with Crippen LogP contribution < -0.4 is 4.90 Å². The number of alkyl halides is 1. The number of halogens is 1. The summed E-state index contributed by atoms with van der Waals surface area (Å²) in [5, 5.41) is 0. The molecule has 1 atom stereocenters. The van der Waals surface area contributed by atoms with Gasteiger partial charge in [0.1, 0.15) is 0 Å². The molecule has 1 heterocycles. The van der Waals surface area contributed by atoms with E-state index in [-0.39, 0.29) is 0 Å². The first kappa shape index (κ1) is 10.2. The zero-order valence-corrected chi connectivity index (χ0v) is 10.2. The fourth-order valence-corrected chi connectivity index (χ4v) is 2.22. The van der Waals surface area contributed by atoms with Crippen molar-refractivity contribution in [2.75, 3.05) is 29.0 Å². The van der Waals surface area contributed by atoms with Gasteiger partial charge in [0.05, 0.1) is 12.7 Å². The van der Waals surface area contributed by atoms with Crippen molar-refractivity contribution in [3.8, 4) is 0 Å². The average molecular weight is 303 g/mol. The molecule has 1 aliphatic rings. The monoisotopic (exact) mass is 303 g/mol. The molecule has 1 saturated heterocycles. The lowest BCUT2D eigenvalue weighted by Crippen LogP contribution is -2.43. The Balaban J connectivity index is 2.04. The SMILES string of the molecule is IC[C@H]1CN(c2ccccc2)CCO1. The maximum atomic E-state index is 5.63. The Morgan fingerprint density at radius 2 is 2.14 bits per heavy atom. The summed E-state index contributed by atoms with van der Waals surface area (Å²) in [4.78, 5) is 2.40. The number of anilines is 1. The van der Waals surface area contributed by atoms with Gasteiger partial charge in [-0.25, -0.2) is 0 Å². The zero-order valence-electron chi connectivity index (χ0n) is 8.03. The first-order chi connectivity index (χ1) is 6.90. The largest absolute Gasteiger partial charge is 0.374 e. The summed E-state index contributed by atoms with van der Waals surface area (Å²) in [5.74, 6) is 0. The van der Waals surface area contributed by atoms with Crippen molar-refractivity contribution in [2.24, 2.45) is 0 Å². The van der Waals surface area contributed by atoms with Gasteiger partial charge in [-0.05, 0) is 12.1 Å². The highest BCUT2D eigenvalue weighted by atomic mass is 127. The Morgan fingerprint density at radius 3 is 2.86 bits per heavy atom. The van der Waals surface area contributed by atoms with Crippen molar-refractivity contribution in [2.45, 2.75) is 6.10 Å². The van der Waals surface area contributed by atoms with Crippen LogP contribution in [0.15, 0.2) is 30.3 Å². The summed E-state index contributed by atoms with van der Waals surface area (Å²) >= 11 is 2.38. The molecule has 3 heteroatoms. The van der Waals surface area contributed by atoms with Gasteiger partial charge in [0.2, 0.25) is 0 Å². The highest BCUT2D eigenvalue weighted by molar-refractivity contribution is 14.1. The van der Waals surface area contributed by atoms with Crippen molar-refractivity contribution in [3.05, 3.63) is 30.3 Å². The number of nitrogens with zero attached hydrogens (tertiary/aromatic N) is 1. The van der Waals surface area contributed by atoms with Gasteiger partial charge < -0.3 is 9.64 Å². The van der Waals surface area contributed by atoms with Crippen LogP contribution in [0.25, 0.3) is 0 Å². The van der Waals surface area contributed by atoms with Crippen LogP contribution in [0.4, 0.5) is 5.69 Å². The van der Waals surface area contributed by atoms with Gasteiger partial charge in [-0.3, -0.25) is 0 Å². The lowest BCUT2D eigenvalue weighted by molar-refractivity contribution is 0.0582. The highest BCUT2D eigenvalue weighted by Crippen LogP contribution is 2.17. The number of benzene rings is 1. The van der Waals surface area contributed by atoms with Crippen LogP contribution in [0.2, 0.25) is 0 Å². The molecule has 76 valence electrons. The molecule has 1 fully saturated rings. The Bertz CT molecular complexity index is 278. The standard InChI is InChI=1S/C11H14INO/c12-8-11-9-13(6-7-14-11)10-4-2-1-3-5-10/h1-5,11H,6-9H2/t11-/m0/s1. The lowest BCUT2D eigenvalue weighted by Gasteiger charge is -2.33. The van der Waals surface area contributed by atoms with Crippen LogP contribution in [0, 0.1) is 0 Å². The Morgan fingerprint density at radius 1 is 1.36 bits per heavy atom. The Kier molecular flexibility index (Phi) is 3.64. The predicted octanol–water partition coefficient (Wildman–Crippen LogP) is 2.33. The predicted molar refractivity (Wildman–Crippen MR) is 67.3 cm³/mol. The third kappa shape index (κ3) is 2.39. The van der Waals surface area contributed by atoms with E-state index in [0.717, 1.165) is 24.1 Å². The number of rotatable bonds is 2. The fourth-order valence-electron chi connectivity index (χ4n) is 1.69. The molecule has 0 bridgehead atoms. The zero-order chi connectivity index (χ0) is 9.80. The highest BCUT2D eigenvalue weighted by Gasteiger charge is 2.19. The van der Waals surface area contributed by atoms with E-state index in [9.17, 15) is 0 Å². The number of para-hydroxylation sites is 1. The van der Waals surface area contributed by atoms with Crippen LogP contribution in [0.1, 0.15) is 0 Å². The minimum absolute atomic E-state index is 0.393. The number of hydrogen-bond acceptors (Lipinski definition) is 2. The normalized spacial score (nSPS) is 22.4. The van der Waals surface area contributed by atoms with E-state index in [0.29, 0.717) is 6.10 Å². The minimum Gasteiger partial charge on any atom is -0.374 e. The van der Waals surface area contributed by atoms with E-state index in [1.807, 2.05) is 0 Å². The van der Waals surface area contributed by atoms with Crippen LogP contribution >= 0.6 is 22.6 Å². The van der Waals surface area contributed by atoms with Gasteiger partial charge >= 0.3 is 0 Å². The quantitative estimate of drug-likeness (QED) is 0.614. The van der Waals surface area contributed by atoms with Crippen molar-refractivity contribution in [1.82, 2.24) is 0 Å². The number of hydrogen-bond donors (Lipinski definition) is 0. The molecule has 14 heavy (non-hydrogen) atoms. The van der Waals surface area contributed by atoms with Gasteiger partial charge in [0.25, 0.3) is 0 Å². The van der Waals surface area contributed by atoms with Gasteiger partial charge in [0.15, 0.2) is 0 Å². The summed E-state index contributed by atoms with van der Waals surface area (Å²) < 4.78 is 6.70. The lowest BCUT2D eigenvalue weighted by atomic mass is 10.2. The topological polar surface area (TPSA) is 12.5 Å². The molecule has 0 aliphatic carbocycles. The summed E-state index contributed by atoms with van der Waals surface area (Å²) in [7, 11) is 0. The first-order valence-corrected chi connectivity index (χ1v) is 6.40. The molecule has 0 aromatic heterocycles. The second-order valence-electron chi connectivity index (χ2n) is 3.43. The molecular formula is C11H14INO. The van der Waals surface area contributed by atoms with Gasteiger partial charge in [-0.2, -0.15) is 0 Å². The second kappa shape index (κ2) is 4.98. The van der Waals surface area contributed by atoms with E-state index in [4.69, 9.17) is 4.74 Å². The molecule has 0 saturated carbocycles. The molecule has 0 amide bonds. The summed E-state index contributed by atoms with van der Waals surface area (Å²) in [6.07, 6.45) is 0.393. The molecule has 0 radical (unpaired) electrons. The van der Waals surface area contributed by atoms with Crippen molar-refractivity contribution in [1.29, 1.82) is 0 Å². The third-order valence-electron chi connectivity index (χ3n) is 2.43. The molecule has 1 aliphatic heterocycles.